The van der Waals surface area contributed by atoms with Crippen molar-refractivity contribution in [1.82, 2.24) is 0 Å². The molecular weight excluding hydrogens is 517 g/mol. The Morgan fingerprint density at radius 3 is 2.90 bits per heavy atom. The Kier molecular flexibility index (Phi) is 11.2. The molecule has 115 valence electrons. The van der Waals surface area contributed by atoms with Crippen LogP contribution >= 0.6 is 0 Å². The minimum absolute atomic E-state index is 0. The number of aliphatic hydroxyl groups excluding tert-OH is 1. The minimum atomic E-state index is -1.17. The number of methoxy groups -OCH3 is 1. The summed E-state index contributed by atoms with van der Waals surface area (Å²) in [5.74, 6) is -0.602. The van der Waals surface area contributed by atoms with Gasteiger partial charge in [-0.1, -0.05) is 0 Å². The smallest absolute Gasteiger partial charge is 0 e. The zero-order chi connectivity index (χ0) is 15.1. The van der Waals surface area contributed by atoms with Gasteiger partial charge in [-0.2, -0.15) is 0 Å². The van der Waals surface area contributed by atoms with Crippen molar-refractivity contribution in [3.8, 4) is 0 Å². The Labute approximate surface area is 162 Å². The van der Waals surface area contributed by atoms with Crippen LogP contribution in [0.25, 0.3) is 0 Å². The van der Waals surface area contributed by atoms with Crippen LogP contribution in [0, 0.1) is 25.3 Å². The molecular formula is C15H19O4WY-3. The summed E-state index contributed by atoms with van der Waals surface area (Å²) in [4.78, 5) is 11.7. The van der Waals surface area contributed by atoms with E-state index in [0.29, 0.717) is 5.76 Å². The normalized spacial score (nSPS) is 22.0. The standard InChI is InChI=1S/C15H19O4.W.Y/c1-4-19-15(17)14(16)13-8-6-5-7-12(10-13)9-11(2)18-3;;/h2,5,8-9,13-14,16H,4,6-7H2,1,3H3;;/q-3;;/b12-9-;;. The molecule has 1 aliphatic rings. The topological polar surface area (TPSA) is 55.8 Å². The number of carbonyl (C=O) groups is 1. The Balaban J connectivity index is 0.00000400. The first-order chi connectivity index (χ1) is 9.51. The molecule has 1 N–H and O–H groups in total. The van der Waals surface area contributed by atoms with Crippen LogP contribution in [0.4, 0.5) is 0 Å². The molecule has 0 aromatic rings. The molecule has 2 atom stereocenters. The van der Waals surface area contributed by atoms with Crippen molar-refractivity contribution in [3.05, 3.63) is 36.8 Å². The van der Waals surface area contributed by atoms with Gasteiger partial charge in [0, 0.05) is 32.7 Å². The van der Waals surface area contributed by atoms with Gasteiger partial charge in [-0.15, -0.1) is 0 Å². The van der Waals surface area contributed by atoms with E-state index < -0.39 is 12.1 Å². The Hall–Kier alpha value is 0.372. The van der Waals surface area contributed by atoms with E-state index in [-0.39, 0.29) is 45.2 Å². The van der Waals surface area contributed by atoms with Crippen molar-refractivity contribution < 1.29 is 71.4 Å². The summed E-state index contributed by atoms with van der Waals surface area (Å²) >= 11 is 1.19. The molecule has 0 amide bonds. The number of hydrogen-bond donors (Lipinski definition) is 1. The molecule has 0 spiro atoms. The number of aliphatic hydroxyl groups is 1. The van der Waals surface area contributed by atoms with Crippen LogP contribution in [0.2, 0.25) is 0 Å². The molecule has 21 heavy (non-hydrogen) atoms. The van der Waals surface area contributed by atoms with E-state index >= 15 is 0 Å². The van der Waals surface area contributed by atoms with Gasteiger partial charge < -0.3 is 0 Å². The third-order valence-corrected chi connectivity index (χ3v) is 4.88. The van der Waals surface area contributed by atoms with E-state index in [0.717, 1.165) is 22.3 Å². The summed E-state index contributed by atoms with van der Waals surface area (Å²) in [7, 11) is 1.51. The number of hydrogen-bond acceptors (Lipinski definition) is 4. The summed E-state index contributed by atoms with van der Waals surface area (Å²) in [5.41, 5.74) is 0.987. The number of rotatable bonds is 5. The molecule has 1 radical (unpaired) electrons. The van der Waals surface area contributed by atoms with Crippen LogP contribution in [-0.4, -0.2) is 34.8 Å². The van der Waals surface area contributed by atoms with Crippen molar-refractivity contribution in [3.63, 3.8) is 0 Å². The van der Waals surface area contributed by atoms with Gasteiger partial charge in [-0.25, -0.2) is 0 Å². The van der Waals surface area contributed by atoms with E-state index in [2.05, 4.69) is 6.42 Å². The van der Waals surface area contributed by atoms with Gasteiger partial charge in [-0.3, -0.25) is 0 Å². The maximum Gasteiger partial charge on any atom is 0 e. The van der Waals surface area contributed by atoms with Crippen LogP contribution in [0.5, 0.6) is 0 Å². The fourth-order valence-corrected chi connectivity index (χ4v) is 3.23. The molecule has 0 aromatic carbocycles. The van der Waals surface area contributed by atoms with E-state index in [4.69, 9.17) is 16.1 Å². The van der Waals surface area contributed by atoms with Crippen LogP contribution < -0.4 is 0 Å². The Bertz CT molecular complexity index is 420. The SMILES string of the molecule is [CH-]=C(/C=C1/C[CH-]C[CH-]C(C(O)C(=O)OCC)[C]1=[W])OC.[Y]. The predicted octanol–water partition coefficient (Wildman–Crippen LogP) is 1.34. The zero-order valence-electron chi connectivity index (χ0n) is 12.2. The predicted molar refractivity (Wildman–Crippen MR) is 71.9 cm³/mol. The second-order valence-electron chi connectivity index (χ2n) is 4.33. The number of ether oxygens (including phenoxy) is 2. The van der Waals surface area contributed by atoms with Crippen LogP contribution in [-0.2, 0) is 66.3 Å². The maximum absolute atomic E-state index is 11.7. The molecule has 1 fully saturated rings. The van der Waals surface area contributed by atoms with Crippen molar-refractivity contribution in [1.29, 1.82) is 0 Å². The molecule has 1 saturated carbocycles. The zero-order valence-corrected chi connectivity index (χ0v) is 18.0. The van der Waals surface area contributed by atoms with Crippen molar-refractivity contribution in [2.45, 2.75) is 25.9 Å². The Morgan fingerprint density at radius 2 is 2.33 bits per heavy atom. The van der Waals surface area contributed by atoms with E-state index in [1.54, 1.807) is 13.0 Å². The monoisotopic (exact) mass is 536 g/mol. The molecule has 2 unspecified atom stereocenters. The first kappa shape index (κ1) is 21.4. The number of esters is 1. The van der Waals surface area contributed by atoms with Gasteiger partial charge in [0.2, 0.25) is 0 Å². The molecule has 0 saturated heterocycles. The van der Waals surface area contributed by atoms with Crippen LogP contribution in [0.15, 0.2) is 17.4 Å². The number of allylic oxidation sites excluding steroid dienone is 2. The molecule has 1 rings (SSSR count). The Morgan fingerprint density at radius 1 is 1.67 bits per heavy atom. The average Bonchev–Trinajstić information content (AvgIpc) is 2.61. The van der Waals surface area contributed by atoms with Crippen LogP contribution in [0.3, 0.4) is 0 Å². The van der Waals surface area contributed by atoms with Gasteiger partial charge in [0.25, 0.3) is 0 Å². The van der Waals surface area contributed by atoms with Gasteiger partial charge in [0.05, 0.1) is 0 Å². The minimum Gasteiger partial charge on any atom is 0 e. The van der Waals surface area contributed by atoms with Gasteiger partial charge in [-0.05, 0) is 0 Å². The van der Waals surface area contributed by atoms with E-state index in [1.165, 1.54) is 26.5 Å². The van der Waals surface area contributed by atoms with Gasteiger partial charge >= 0.3 is 131 Å². The molecule has 0 heterocycles. The van der Waals surface area contributed by atoms with E-state index in [1.807, 2.05) is 6.42 Å². The molecule has 0 aliphatic heterocycles. The first-order valence-electron chi connectivity index (χ1n) is 6.42. The van der Waals surface area contributed by atoms with Gasteiger partial charge in [0.1, 0.15) is 0 Å². The average molecular weight is 536 g/mol. The molecule has 6 heteroatoms. The van der Waals surface area contributed by atoms with Crippen molar-refractivity contribution in [2.75, 3.05) is 13.7 Å². The van der Waals surface area contributed by atoms with E-state index in [9.17, 15) is 9.90 Å². The molecule has 4 nitrogen and oxygen atoms in total. The fourth-order valence-electron chi connectivity index (χ4n) is 1.91. The largest absolute Gasteiger partial charge is 0 e. The van der Waals surface area contributed by atoms with Gasteiger partial charge in [0.15, 0.2) is 0 Å². The van der Waals surface area contributed by atoms with Crippen LogP contribution in [0.1, 0.15) is 19.8 Å². The maximum atomic E-state index is 11.7. The van der Waals surface area contributed by atoms with Crippen molar-refractivity contribution in [2.24, 2.45) is 5.92 Å². The summed E-state index contributed by atoms with van der Waals surface area (Å²) in [6.07, 6.45) is 6.07. The molecule has 0 bridgehead atoms. The quantitative estimate of drug-likeness (QED) is 0.250. The summed E-state index contributed by atoms with van der Waals surface area (Å²) < 4.78 is 10.8. The first-order valence-corrected chi connectivity index (χ1v) is 7.88. The summed E-state index contributed by atoms with van der Waals surface area (Å²) in [6.45, 7) is 7.66. The third kappa shape index (κ3) is 6.56. The second-order valence-corrected chi connectivity index (χ2v) is 5.91. The molecule has 1 aliphatic carbocycles. The third-order valence-electron chi connectivity index (χ3n) is 2.96. The number of carbonyl (C=O) groups excluding carboxylic acids is 1. The summed E-state index contributed by atoms with van der Waals surface area (Å²) in [6, 6.07) is 0. The fraction of sp³-hybridized carbons (Fsp3) is 0.467. The van der Waals surface area contributed by atoms with Crippen molar-refractivity contribution >= 4 is 9.87 Å². The molecule has 0 aromatic heterocycles. The summed E-state index contributed by atoms with van der Waals surface area (Å²) in [5, 5.41) is 10.2. The second kappa shape index (κ2) is 11.0.